The maximum Gasteiger partial charge on any atom is 0.123 e. The van der Waals surface area contributed by atoms with E-state index in [1.54, 1.807) is 0 Å². The van der Waals surface area contributed by atoms with Crippen LogP contribution in [0.15, 0.2) is 0 Å². The molecule has 2 bridgehead atoms. The highest BCUT2D eigenvalue weighted by atomic mass is 16.1. The highest BCUT2D eigenvalue weighted by Crippen LogP contribution is 2.62. The van der Waals surface area contributed by atoms with Gasteiger partial charge in [0.25, 0.3) is 0 Å². The number of hydrogen-bond donors (Lipinski definition) is 0. The Hall–Kier alpha value is -0.330. The second-order valence-corrected chi connectivity index (χ2v) is 5.26. The van der Waals surface area contributed by atoms with Crippen molar-refractivity contribution in [3.05, 3.63) is 0 Å². The van der Waals surface area contributed by atoms with Crippen LogP contribution in [0.25, 0.3) is 0 Å². The third kappa shape index (κ3) is 0.826. The van der Waals surface area contributed by atoms with E-state index < -0.39 is 0 Å². The topological polar surface area (TPSA) is 17.1 Å². The number of hydrogen-bond acceptors (Lipinski definition) is 1. The van der Waals surface area contributed by atoms with Gasteiger partial charge in [0.1, 0.15) is 6.29 Å². The molecule has 0 N–H and O–H groups in total. The van der Waals surface area contributed by atoms with Crippen LogP contribution in [0.3, 0.4) is 0 Å². The predicted octanol–water partition coefficient (Wildman–Crippen LogP) is 2.50. The fourth-order valence-electron chi connectivity index (χ4n) is 3.37. The maximum absolute atomic E-state index is 10.7. The quantitative estimate of drug-likeness (QED) is 0.547. The minimum absolute atomic E-state index is 0.363. The van der Waals surface area contributed by atoms with Crippen molar-refractivity contribution in [1.29, 1.82) is 0 Å². The largest absolute Gasteiger partial charge is 0.303 e. The first-order valence-electron chi connectivity index (χ1n) is 5.02. The van der Waals surface area contributed by atoms with Gasteiger partial charge in [-0.2, -0.15) is 0 Å². The van der Waals surface area contributed by atoms with Crippen LogP contribution in [0.2, 0.25) is 0 Å². The van der Waals surface area contributed by atoms with Crippen LogP contribution in [0.5, 0.6) is 0 Å². The summed E-state index contributed by atoms with van der Waals surface area (Å²) in [6.45, 7) is 6.98. The Labute approximate surface area is 74.5 Å². The molecule has 0 unspecified atom stereocenters. The van der Waals surface area contributed by atoms with Crippen molar-refractivity contribution in [2.24, 2.45) is 29.1 Å². The lowest BCUT2D eigenvalue weighted by atomic mass is 9.44. The molecule has 0 amide bonds. The molecule has 1 nitrogen and oxygen atoms in total. The third-order valence-corrected chi connectivity index (χ3v) is 4.59. The maximum atomic E-state index is 10.7. The van der Waals surface area contributed by atoms with E-state index in [4.69, 9.17) is 0 Å². The molecular weight excluding hydrogens is 148 g/mol. The van der Waals surface area contributed by atoms with Crippen LogP contribution in [-0.2, 0) is 4.79 Å². The van der Waals surface area contributed by atoms with Crippen LogP contribution in [0, 0.1) is 29.1 Å². The molecule has 3 rings (SSSR count). The average molecular weight is 166 g/mol. The molecule has 0 radical (unpaired) electrons. The van der Waals surface area contributed by atoms with E-state index in [2.05, 4.69) is 20.8 Å². The number of rotatable bonds is 1. The van der Waals surface area contributed by atoms with E-state index in [0.717, 1.165) is 18.3 Å². The smallest absolute Gasteiger partial charge is 0.123 e. The van der Waals surface area contributed by atoms with Crippen LogP contribution in [-0.4, -0.2) is 6.29 Å². The van der Waals surface area contributed by atoms with Crippen molar-refractivity contribution in [3.8, 4) is 0 Å². The van der Waals surface area contributed by atoms with Gasteiger partial charge in [0, 0.05) is 5.92 Å². The van der Waals surface area contributed by atoms with E-state index in [9.17, 15) is 4.79 Å². The van der Waals surface area contributed by atoms with Crippen molar-refractivity contribution in [2.75, 3.05) is 0 Å². The molecule has 3 saturated carbocycles. The van der Waals surface area contributed by atoms with E-state index in [0.29, 0.717) is 17.3 Å². The standard InChI is InChI=1S/C11H18O/c1-7-8(6-12)4-9-5-10(7)11(9,2)3/h6-10H,4-5H2,1-3H3/t7-,8+,9+,10-/m0/s1. The first-order valence-corrected chi connectivity index (χ1v) is 5.02. The van der Waals surface area contributed by atoms with Gasteiger partial charge in [0.2, 0.25) is 0 Å². The molecule has 0 saturated heterocycles. The van der Waals surface area contributed by atoms with Crippen molar-refractivity contribution in [3.63, 3.8) is 0 Å². The minimum atomic E-state index is 0.363. The summed E-state index contributed by atoms with van der Waals surface area (Å²) in [6.07, 6.45) is 3.70. The molecule has 0 aromatic carbocycles. The third-order valence-electron chi connectivity index (χ3n) is 4.59. The number of carbonyl (C=O) groups excluding carboxylic acids is 1. The zero-order chi connectivity index (χ0) is 8.93. The van der Waals surface area contributed by atoms with Crippen molar-refractivity contribution in [2.45, 2.75) is 33.6 Å². The molecular formula is C11H18O. The highest BCUT2D eigenvalue weighted by molar-refractivity contribution is 5.55. The Balaban J connectivity index is 2.16. The summed E-state index contributed by atoms with van der Waals surface area (Å²) in [5, 5.41) is 0. The molecule has 68 valence electrons. The lowest BCUT2D eigenvalue weighted by molar-refractivity contribution is -0.142. The van der Waals surface area contributed by atoms with Gasteiger partial charge in [-0.1, -0.05) is 20.8 Å². The van der Waals surface area contributed by atoms with Gasteiger partial charge in [-0.05, 0) is 36.0 Å². The second-order valence-electron chi connectivity index (χ2n) is 5.26. The molecule has 3 fully saturated rings. The molecule has 0 aliphatic heterocycles. The lowest BCUT2D eigenvalue weighted by Crippen LogP contribution is -2.55. The van der Waals surface area contributed by atoms with Gasteiger partial charge in [-0.15, -0.1) is 0 Å². The summed E-state index contributed by atoms with van der Waals surface area (Å²) in [7, 11) is 0. The fourth-order valence-corrected chi connectivity index (χ4v) is 3.37. The Bertz CT molecular complexity index is 207. The van der Waals surface area contributed by atoms with Crippen molar-refractivity contribution < 1.29 is 4.79 Å². The van der Waals surface area contributed by atoms with Gasteiger partial charge in [0.15, 0.2) is 0 Å². The molecule has 0 aromatic rings. The number of fused-ring (bicyclic) bond motifs is 2. The highest BCUT2D eigenvalue weighted by Gasteiger charge is 2.55. The van der Waals surface area contributed by atoms with Gasteiger partial charge in [-0.25, -0.2) is 0 Å². The molecule has 1 heteroatoms. The van der Waals surface area contributed by atoms with E-state index in [-0.39, 0.29) is 0 Å². The summed E-state index contributed by atoms with van der Waals surface area (Å²) in [6, 6.07) is 0. The van der Waals surface area contributed by atoms with Crippen molar-refractivity contribution >= 4 is 6.29 Å². The second kappa shape index (κ2) is 2.34. The van der Waals surface area contributed by atoms with Gasteiger partial charge in [0.05, 0.1) is 0 Å². The predicted molar refractivity (Wildman–Crippen MR) is 48.7 cm³/mol. The Kier molecular flexibility index (Phi) is 1.61. The van der Waals surface area contributed by atoms with Crippen LogP contribution in [0.1, 0.15) is 33.6 Å². The van der Waals surface area contributed by atoms with Crippen LogP contribution < -0.4 is 0 Å². The van der Waals surface area contributed by atoms with Gasteiger partial charge < -0.3 is 4.79 Å². The van der Waals surface area contributed by atoms with Crippen molar-refractivity contribution in [1.82, 2.24) is 0 Å². The van der Waals surface area contributed by atoms with E-state index >= 15 is 0 Å². The Morgan fingerprint density at radius 3 is 2.42 bits per heavy atom. The summed E-state index contributed by atoms with van der Waals surface area (Å²) in [5.74, 6) is 2.63. The minimum Gasteiger partial charge on any atom is -0.303 e. The average Bonchev–Trinajstić information content (AvgIpc) is 2.03. The summed E-state index contributed by atoms with van der Waals surface area (Å²) >= 11 is 0. The molecule has 0 spiro atoms. The molecule has 4 atom stereocenters. The number of aldehydes is 1. The van der Waals surface area contributed by atoms with Crippen LogP contribution in [0.4, 0.5) is 0 Å². The Morgan fingerprint density at radius 1 is 1.33 bits per heavy atom. The molecule has 0 heterocycles. The van der Waals surface area contributed by atoms with Gasteiger partial charge >= 0.3 is 0 Å². The number of carbonyl (C=O) groups is 1. The zero-order valence-corrected chi connectivity index (χ0v) is 8.21. The lowest BCUT2D eigenvalue weighted by Gasteiger charge is -2.61. The molecule has 3 aliphatic carbocycles. The first-order chi connectivity index (χ1) is 5.57. The SMILES string of the molecule is C[C@H]1[C@@H](C=O)C[C@@H]2C[C@@H]1C2(C)C. The Morgan fingerprint density at radius 2 is 2.00 bits per heavy atom. The first kappa shape index (κ1) is 8.28. The monoisotopic (exact) mass is 166 g/mol. The zero-order valence-electron chi connectivity index (χ0n) is 8.21. The summed E-state index contributed by atoms with van der Waals surface area (Å²) in [4.78, 5) is 10.7. The molecule has 0 aromatic heterocycles. The molecule has 3 aliphatic rings. The molecule has 12 heavy (non-hydrogen) atoms. The summed E-state index contributed by atoms with van der Waals surface area (Å²) < 4.78 is 0. The summed E-state index contributed by atoms with van der Waals surface area (Å²) in [5.41, 5.74) is 0.527. The normalized spacial score (nSPS) is 49.6. The van der Waals surface area contributed by atoms with E-state index in [1.165, 1.54) is 12.7 Å². The van der Waals surface area contributed by atoms with E-state index in [1.807, 2.05) is 0 Å². The fraction of sp³-hybridized carbons (Fsp3) is 0.909. The van der Waals surface area contributed by atoms with Crippen LogP contribution >= 0.6 is 0 Å². The van der Waals surface area contributed by atoms with Gasteiger partial charge in [-0.3, -0.25) is 0 Å².